The van der Waals surface area contributed by atoms with Gasteiger partial charge in [-0.1, -0.05) is 11.6 Å². The highest BCUT2D eigenvalue weighted by Crippen LogP contribution is 2.29. The predicted molar refractivity (Wildman–Crippen MR) is 96.2 cm³/mol. The van der Waals surface area contributed by atoms with Gasteiger partial charge in [0.25, 0.3) is 0 Å². The maximum absolute atomic E-state index is 11.9. The van der Waals surface area contributed by atoms with Crippen LogP contribution >= 0.6 is 11.6 Å². The molecule has 0 aliphatic carbocycles. The molecule has 0 saturated carbocycles. The third-order valence-electron chi connectivity index (χ3n) is 4.13. The second-order valence-electron chi connectivity index (χ2n) is 7.36. The molecule has 0 amide bonds. The van der Waals surface area contributed by atoms with E-state index in [0.717, 1.165) is 38.0 Å². The topological polar surface area (TPSA) is 53.3 Å². The van der Waals surface area contributed by atoms with Crippen LogP contribution in [0.5, 0.6) is 0 Å². The van der Waals surface area contributed by atoms with Crippen molar-refractivity contribution in [3.8, 4) is 6.07 Å². The van der Waals surface area contributed by atoms with Gasteiger partial charge in [0.2, 0.25) is 0 Å². The smallest absolute Gasteiger partial charge is 0.306 e. The molecule has 24 heavy (non-hydrogen) atoms. The summed E-state index contributed by atoms with van der Waals surface area (Å²) in [6.45, 7) is 7.56. The standard InChI is InChI=1S/C19H25ClN2O2/c1-19(2,3)24-18(23)9-6-14-5-4-10-22(13-14)16-8-7-15(12-21)17(20)11-16/h7-8,11,14H,4-6,9-10,13H2,1-3H3. The summed E-state index contributed by atoms with van der Waals surface area (Å²) < 4.78 is 5.38. The molecule has 1 atom stereocenters. The number of rotatable bonds is 4. The second-order valence-corrected chi connectivity index (χ2v) is 7.76. The Labute approximate surface area is 149 Å². The molecule has 1 aliphatic rings. The highest BCUT2D eigenvalue weighted by molar-refractivity contribution is 6.32. The molecule has 130 valence electrons. The third-order valence-corrected chi connectivity index (χ3v) is 4.45. The lowest BCUT2D eigenvalue weighted by Crippen LogP contribution is -2.35. The number of hydrogen-bond donors (Lipinski definition) is 0. The highest BCUT2D eigenvalue weighted by atomic mass is 35.5. The van der Waals surface area contributed by atoms with Crippen LogP contribution in [0, 0.1) is 17.2 Å². The van der Waals surface area contributed by atoms with E-state index in [0.29, 0.717) is 22.9 Å². The Morgan fingerprint density at radius 1 is 1.46 bits per heavy atom. The van der Waals surface area contributed by atoms with Crippen molar-refractivity contribution in [1.29, 1.82) is 5.26 Å². The molecular weight excluding hydrogens is 324 g/mol. The summed E-state index contributed by atoms with van der Waals surface area (Å²) in [5.41, 5.74) is 1.12. The molecule has 1 aromatic carbocycles. The van der Waals surface area contributed by atoms with E-state index in [9.17, 15) is 4.79 Å². The van der Waals surface area contributed by atoms with Gasteiger partial charge in [0.15, 0.2) is 0 Å². The summed E-state index contributed by atoms with van der Waals surface area (Å²) in [6, 6.07) is 7.65. The number of carbonyl (C=O) groups excluding carboxylic acids is 1. The fourth-order valence-corrected chi connectivity index (χ4v) is 3.26. The third kappa shape index (κ3) is 5.42. The van der Waals surface area contributed by atoms with Gasteiger partial charge < -0.3 is 9.64 Å². The van der Waals surface area contributed by atoms with Crippen LogP contribution in [-0.2, 0) is 9.53 Å². The molecule has 0 bridgehead atoms. The summed E-state index contributed by atoms with van der Waals surface area (Å²) in [4.78, 5) is 14.2. The van der Waals surface area contributed by atoms with Crippen molar-refractivity contribution in [2.24, 2.45) is 5.92 Å². The summed E-state index contributed by atoms with van der Waals surface area (Å²) >= 11 is 6.14. The molecule has 1 aliphatic heterocycles. The number of benzene rings is 1. The molecule has 4 nitrogen and oxygen atoms in total. The minimum atomic E-state index is -0.422. The molecular formula is C19H25ClN2O2. The molecule has 1 saturated heterocycles. The molecule has 0 aromatic heterocycles. The van der Waals surface area contributed by atoms with Crippen LogP contribution in [0.15, 0.2) is 18.2 Å². The molecule has 1 fully saturated rings. The lowest BCUT2D eigenvalue weighted by Gasteiger charge is -2.34. The lowest BCUT2D eigenvalue weighted by atomic mass is 9.93. The Kier molecular flexibility index (Phi) is 6.12. The Balaban J connectivity index is 1.91. The molecule has 0 radical (unpaired) electrons. The summed E-state index contributed by atoms with van der Waals surface area (Å²) in [7, 11) is 0. The molecule has 5 heteroatoms. The zero-order valence-electron chi connectivity index (χ0n) is 14.6. The van der Waals surface area contributed by atoms with Gasteiger partial charge in [-0.05, 0) is 64.2 Å². The van der Waals surface area contributed by atoms with Crippen LogP contribution in [0.25, 0.3) is 0 Å². The maximum Gasteiger partial charge on any atom is 0.306 e. The number of hydrogen-bond acceptors (Lipinski definition) is 4. The first kappa shape index (κ1) is 18.6. The van der Waals surface area contributed by atoms with Gasteiger partial charge in [0.1, 0.15) is 11.7 Å². The first-order chi connectivity index (χ1) is 11.3. The van der Waals surface area contributed by atoms with Gasteiger partial charge in [-0.2, -0.15) is 5.26 Å². The Bertz CT molecular complexity index is 631. The molecule has 1 heterocycles. The lowest BCUT2D eigenvalue weighted by molar-refractivity contribution is -0.155. The van der Waals surface area contributed by atoms with E-state index < -0.39 is 5.60 Å². The van der Waals surface area contributed by atoms with Crippen LogP contribution < -0.4 is 4.90 Å². The number of esters is 1. The highest BCUT2D eigenvalue weighted by Gasteiger charge is 2.23. The maximum atomic E-state index is 11.9. The first-order valence-corrected chi connectivity index (χ1v) is 8.83. The van der Waals surface area contributed by atoms with Gasteiger partial charge in [0.05, 0.1) is 10.6 Å². The SMILES string of the molecule is CC(C)(C)OC(=O)CCC1CCCN(c2ccc(C#N)c(Cl)c2)C1. The summed E-state index contributed by atoms with van der Waals surface area (Å²) in [5, 5.41) is 9.46. The van der Waals surface area contributed by atoms with Crippen LogP contribution in [0.4, 0.5) is 5.69 Å². The zero-order chi connectivity index (χ0) is 17.7. The molecule has 0 N–H and O–H groups in total. The number of ether oxygens (including phenoxy) is 1. The molecule has 1 unspecified atom stereocenters. The predicted octanol–water partition coefficient (Wildman–Crippen LogP) is 4.55. The van der Waals surface area contributed by atoms with Crippen molar-refractivity contribution in [3.63, 3.8) is 0 Å². The van der Waals surface area contributed by atoms with Crippen molar-refractivity contribution < 1.29 is 9.53 Å². The van der Waals surface area contributed by atoms with Crippen LogP contribution in [0.3, 0.4) is 0 Å². The number of nitriles is 1. The number of halogens is 1. The van der Waals surface area contributed by atoms with E-state index in [2.05, 4.69) is 11.0 Å². The fourth-order valence-electron chi connectivity index (χ4n) is 3.04. The van der Waals surface area contributed by atoms with E-state index in [1.807, 2.05) is 32.9 Å². The number of piperidine rings is 1. The quantitative estimate of drug-likeness (QED) is 0.749. The van der Waals surface area contributed by atoms with Gasteiger partial charge in [-0.25, -0.2) is 0 Å². The Hall–Kier alpha value is -1.73. The second kappa shape index (κ2) is 7.90. The average Bonchev–Trinajstić information content (AvgIpc) is 2.51. The normalized spacial score (nSPS) is 18.1. The number of nitrogens with zero attached hydrogens (tertiary/aromatic N) is 2. The minimum absolute atomic E-state index is 0.124. The Morgan fingerprint density at radius 3 is 2.83 bits per heavy atom. The minimum Gasteiger partial charge on any atom is -0.460 e. The van der Waals surface area contributed by atoms with Crippen molar-refractivity contribution in [1.82, 2.24) is 0 Å². The largest absolute Gasteiger partial charge is 0.460 e. The van der Waals surface area contributed by atoms with E-state index in [1.165, 1.54) is 0 Å². The summed E-state index contributed by atoms with van der Waals surface area (Å²) in [6.07, 6.45) is 3.53. The van der Waals surface area contributed by atoms with Crippen molar-refractivity contribution in [2.45, 2.75) is 52.1 Å². The fraction of sp³-hybridized carbons (Fsp3) is 0.579. The van der Waals surface area contributed by atoms with E-state index in [1.54, 1.807) is 6.07 Å². The van der Waals surface area contributed by atoms with Crippen molar-refractivity contribution in [2.75, 3.05) is 18.0 Å². The van der Waals surface area contributed by atoms with Gasteiger partial charge >= 0.3 is 5.97 Å². The molecule has 0 spiro atoms. The van der Waals surface area contributed by atoms with E-state index in [-0.39, 0.29) is 5.97 Å². The van der Waals surface area contributed by atoms with Gasteiger partial charge in [0, 0.05) is 25.2 Å². The zero-order valence-corrected chi connectivity index (χ0v) is 15.4. The van der Waals surface area contributed by atoms with Crippen LogP contribution in [0.2, 0.25) is 5.02 Å². The van der Waals surface area contributed by atoms with Crippen LogP contribution in [0.1, 0.15) is 52.0 Å². The average molecular weight is 349 g/mol. The summed E-state index contributed by atoms with van der Waals surface area (Å²) in [5.74, 6) is 0.349. The van der Waals surface area contributed by atoms with E-state index in [4.69, 9.17) is 21.6 Å². The van der Waals surface area contributed by atoms with Gasteiger partial charge in [-0.15, -0.1) is 0 Å². The Morgan fingerprint density at radius 2 is 2.21 bits per heavy atom. The van der Waals surface area contributed by atoms with Gasteiger partial charge in [-0.3, -0.25) is 4.79 Å². The monoisotopic (exact) mass is 348 g/mol. The molecule has 2 rings (SSSR count). The number of anilines is 1. The number of carbonyl (C=O) groups is 1. The van der Waals surface area contributed by atoms with E-state index >= 15 is 0 Å². The van der Waals surface area contributed by atoms with Crippen molar-refractivity contribution in [3.05, 3.63) is 28.8 Å². The van der Waals surface area contributed by atoms with Crippen molar-refractivity contribution >= 4 is 23.3 Å². The van der Waals surface area contributed by atoms with Crippen LogP contribution in [-0.4, -0.2) is 24.7 Å². The molecule has 1 aromatic rings. The first-order valence-electron chi connectivity index (χ1n) is 8.45.